The molecule has 1 aromatic heterocycles. The van der Waals surface area contributed by atoms with E-state index >= 15 is 0 Å². The smallest absolute Gasteiger partial charge is 0.326 e. The second kappa shape index (κ2) is 9.90. The molecule has 0 atom stereocenters. The molecule has 174 valence electrons. The molecule has 2 aromatic rings. The van der Waals surface area contributed by atoms with Crippen molar-refractivity contribution in [3.05, 3.63) is 34.2 Å². The summed E-state index contributed by atoms with van der Waals surface area (Å²) in [6.07, 6.45) is 6.42. The van der Waals surface area contributed by atoms with Gasteiger partial charge in [-0.15, -0.1) is 0 Å². The van der Waals surface area contributed by atoms with Gasteiger partial charge < -0.3 is 15.2 Å². The summed E-state index contributed by atoms with van der Waals surface area (Å²) < 4.78 is 1.82. The van der Waals surface area contributed by atoms with Gasteiger partial charge in [0, 0.05) is 44.8 Å². The summed E-state index contributed by atoms with van der Waals surface area (Å²) in [7, 11) is 1.59. The van der Waals surface area contributed by atoms with Gasteiger partial charge in [0.1, 0.15) is 0 Å². The number of imidazole rings is 1. The number of hydrogen-bond acceptors (Lipinski definition) is 4. The quantitative estimate of drug-likeness (QED) is 0.720. The number of fused-ring (bicyclic) bond motifs is 1. The highest BCUT2D eigenvalue weighted by Gasteiger charge is 2.27. The molecule has 8 nitrogen and oxygen atoms in total. The van der Waals surface area contributed by atoms with E-state index < -0.39 is 0 Å². The maximum absolute atomic E-state index is 12.8. The highest BCUT2D eigenvalue weighted by atomic mass is 16.2. The summed E-state index contributed by atoms with van der Waals surface area (Å²) in [5.41, 5.74) is 1.89. The van der Waals surface area contributed by atoms with Crippen molar-refractivity contribution in [1.82, 2.24) is 24.7 Å². The first kappa shape index (κ1) is 22.6. The first-order valence-electron chi connectivity index (χ1n) is 12.0. The second-order valence-electron chi connectivity index (χ2n) is 9.23. The standard InChI is InChI=1S/C24H35N5O3/c1-3-4-17-7-13-28(14-8-17)22(30)16-27-11-9-19(10-12-27)29-21-6-5-18(23(31)25-2)15-20(21)26-24(29)32/h5-6,15,17,19H,3-4,7-14,16H2,1-2H3,(H,25,31)(H,26,32). The van der Waals surface area contributed by atoms with Crippen molar-refractivity contribution in [2.45, 2.75) is 51.5 Å². The van der Waals surface area contributed by atoms with Crippen LogP contribution in [0.15, 0.2) is 23.0 Å². The third kappa shape index (κ3) is 4.75. The number of piperidine rings is 2. The Hall–Kier alpha value is -2.61. The van der Waals surface area contributed by atoms with Crippen LogP contribution in [0.3, 0.4) is 0 Å². The number of rotatable bonds is 6. The molecule has 0 radical (unpaired) electrons. The fraction of sp³-hybridized carbons (Fsp3) is 0.625. The van der Waals surface area contributed by atoms with Gasteiger partial charge in [-0.3, -0.25) is 19.1 Å². The molecule has 4 rings (SSSR count). The van der Waals surface area contributed by atoms with Crippen LogP contribution in [0.1, 0.15) is 61.8 Å². The largest absolute Gasteiger partial charge is 0.355 e. The number of nitrogens with one attached hydrogen (secondary N) is 2. The van der Waals surface area contributed by atoms with Gasteiger partial charge in [0.15, 0.2) is 0 Å². The minimum atomic E-state index is -0.173. The molecule has 2 amide bonds. The highest BCUT2D eigenvalue weighted by molar-refractivity contribution is 5.97. The van der Waals surface area contributed by atoms with Crippen molar-refractivity contribution < 1.29 is 9.59 Å². The zero-order valence-electron chi connectivity index (χ0n) is 19.2. The van der Waals surface area contributed by atoms with Gasteiger partial charge in [-0.05, 0) is 49.8 Å². The van der Waals surface area contributed by atoms with Crippen LogP contribution in [0.4, 0.5) is 0 Å². The number of likely N-dealkylation sites (tertiary alicyclic amines) is 2. The van der Waals surface area contributed by atoms with Gasteiger partial charge in [0.2, 0.25) is 5.91 Å². The summed E-state index contributed by atoms with van der Waals surface area (Å²) in [4.78, 5) is 44.5. The molecule has 0 bridgehead atoms. The van der Waals surface area contributed by atoms with Crippen LogP contribution < -0.4 is 11.0 Å². The summed E-state index contributed by atoms with van der Waals surface area (Å²) in [5, 5.41) is 2.61. The topological polar surface area (TPSA) is 90.4 Å². The van der Waals surface area contributed by atoms with Crippen LogP contribution in [0, 0.1) is 5.92 Å². The molecular formula is C24H35N5O3. The number of aromatic nitrogens is 2. The molecule has 2 aliphatic heterocycles. The highest BCUT2D eigenvalue weighted by Crippen LogP contribution is 2.26. The second-order valence-corrected chi connectivity index (χ2v) is 9.23. The Morgan fingerprint density at radius 2 is 1.81 bits per heavy atom. The van der Waals surface area contributed by atoms with Crippen molar-refractivity contribution >= 4 is 22.8 Å². The Bertz CT molecular complexity index is 1010. The lowest BCUT2D eigenvalue weighted by Gasteiger charge is -2.36. The summed E-state index contributed by atoms with van der Waals surface area (Å²) in [5.74, 6) is 0.846. The van der Waals surface area contributed by atoms with E-state index in [1.54, 1.807) is 19.2 Å². The number of hydrogen-bond donors (Lipinski definition) is 2. The molecule has 0 spiro atoms. The summed E-state index contributed by atoms with van der Waals surface area (Å²) in [6.45, 7) is 6.10. The lowest BCUT2D eigenvalue weighted by atomic mass is 9.92. The number of H-pyrrole nitrogens is 1. The number of benzene rings is 1. The van der Waals surface area contributed by atoms with Gasteiger partial charge in [0.25, 0.3) is 5.91 Å². The van der Waals surface area contributed by atoms with E-state index in [0.29, 0.717) is 17.6 Å². The molecule has 3 heterocycles. The molecule has 2 aliphatic rings. The van der Waals surface area contributed by atoms with Crippen molar-refractivity contribution in [3.8, 4) is 0 Å². The third-order valence-corrected chi connectivity index (χ3v) is 7.15. The Kier molecular flexibility index (Phi) is 6.98. The average Bonchev–Trinajstić information content (AvgIpc) is 3.14. The lowest BCUT2D eigenvalue weighted by Crippen LogP contribution is -2.46. The lowest BCUT2D eigenvalue weighted by molar-refractivity contribution is -0.134. The Morgan fingerprint density at radius 3 is 2.47 bits per heavy atom. The fourth-order valence-corrected chi connectivity index (χ4v) is 5.29. The minimum absolute atomic E-state index is 0.0956. The molecule has 0 unspecified atom stereocenters. The van der Waals surface area contributed by atoms with Crippen LogP contribution in [0.2, 0.25) is 0 Å². The van der Waals surface area contributed by atoms with Gasteiger partial charge >= 0.3 is 5.69 Å². The molecule has 0 saturated carbocycles. The van der Waals surface area contributed by atoms with Gasteiger partial charge in [-0.25, -0.2) is 4.79 Å². The first-order chi connectivity index (χ1) is 15.5. The van der Waals surface area contributed by atoms with E-state index in [2.05, 4.69) is 22.1 Å². The number of amides is 2. The van der Waals surface area contributed by atoms with Crippen molar-refractivity contribution in [2.24, 2.45) is 5.92 Å². The average molecular weight is 442 g/mol. The van der Waals surface area contributed by atoms with E-state index in [1.165, 1.54) is 12.8 Å². The van der Waals surface area contributed by atoms with E-state index in [1.807, 2.05) is 15.5 Å². The maximum Gasteiger partial charge on any atom is 0.326 e. The number of carbonyl (C=O) groups excluding carboxylic acids is 2. The minimum Gasteiger partial charge on any atom is -0.355 e. The molecule has 0 aliphatic carbocycles. The summed E-state index contributed by atoms with van der Waals surface area (Å²) >= 11 is 0. The Morgan fingerprint density at radius 1 is 1.09 bits per heavy atom. The van der Waals surface area contributed by atoms with Crippen LogP contribution in [0.25, 0.3) is 11.0 Å². The van der Waals surface area contributed by atoms with Crippen molar-refractivity contribution in [1.29, 1.82) is 0 Å². The maximum atomic E-state index is 12.8. The molecule has 2 fully saturated rings. The summed E-state index contributed by atoms with van der Waals surface area (Å²) in [6, 6.07) is 5.42. The normalized spacial score (nSPS) is 18.9. The molecule has 8 heteroatoms. The zero-order valence-corrected chi connectivity index (χ0v) is 19.2. The van der Waals surface area contributed by atoms with Gasteiger partial charge in [0.05, 0.1) is 17.6 Å². The van der Waals surface area contributed by atoms with E-state index in [0.717, 1.165) is 63.3 Å². The SMILES string of the molecule is CCCC1CCN(C(=O)CN2CCC(n3c(=O)[nH]c4cc(C(=O)NC)ccc43)CC2)CC1. The third-order valence-electron chi connectivity index (χ3n) is 7.15. The molecule has 2 saturated heterocycles. The van der Waals surface area contributed by atoms with Crippen LogP contribution in [-0.4, -0.2) is 70.9 Å². The van der Waals surface area contributed by atoms with Crippen LogP contribution in [-0.2, 0) is 4.79 Å². The number of nitrogens with zero attached hydrogens (tertiary/aromatic N) is 3. The first-order valence-corrected chi connectivity index (χ1v) is 12.0. The van der Waals surface area contributed by atoms with E-state index in [-0.39, 0.29) is 23.5 Å². The van der Waals surface area contributed by atoms with Crippen LogP contribution in [0.5, 0.6) is 0 Å². The van der Waals surface area contributed by atoms with E-state index in [9.17, 15) is 14.4 Å². The molecule has 1 aromatic carbocycles. The Balaban J connectivity index is 1.34. The number of aromatic amines is 1. The molecule has 32 heavy (non-hydrogen) atoms. The van der Waals surface area contributed by atoms with Gasteiger partial charge in [-0.2, -0.15) is 0 Å². The molecular weight excluding hydrogens is 406 g/mol. The monoisotopic (exact) mass is 441 g/mol. The molecule has 2 N–H and O–H groups in total. The Labute approximate surface area is 188 Å². The van der Waals surface area contributed by atoms with Gasteiger partial charge in [-0.1, -0.05) is 19.8 Å². The van der Waals surface area contributed by atoms with Crippen molar-refractivity contribution in [3.63, 3.8) is 0 Å². The number of carbonyl (C=O) groups is 2. The van der Waals surface area contributed by atoms with E-state index in [4.69, 9.17) is 0 Å². The predicted octanol–water partition coefficient (Wildman–Crippen LogP) is 2.36. The fourth-order valence-electron chi connectivity index (χ4n) is 5.29. The van der Waals surface area contributed by atoms with Crippen molar-refractivity contribution in [2.75, 3.05) is 39.8 Å². The predicted molar refractivity (Wildman–Crippen MR) is 125 cm³/mol. The van der Waals surface area contributed by atoms with Crippen LogP contribution >= 0.6 is 0 Å². The zero-order chi connectivity index (χ0) is 22.7.